The summed E-state index contributed by atoms with van der Waals surface area (Å²) >= 11 is 1.77. The van der Waals surface area contributed by atoms with Gasteiger partial charge in [0.15, 0.2) is 0 Å². The maximum absolute atomic E-state index is 13.2. The summed E-state index contributed by atoms with van der Waals surface area (Å²) < 4.78 is 17.0. The summed E-state index contributed by atoms with van der Waals surface area (Å²) in [5.41, 5.74) is -0.709. The number of alkyl halides is 1. The standard InChI is InChI=1S/C11H10FIN2O5/c1-20-11(17)9(13)5-14-10(16)6-2-7(12)4-8(3-6)15(18)19/h2-4,9H,5H2,1H3,(H,14,16). The first kappa shape index (κ1) is 16.3. The lowest BCUT2D eigenvalue weighted by molar-refractivity contribution is -0.385. The van der Waals surface area contributed by atoms with E-state index in [1.807, 2.05) is 0 Å². The molecule has 0 saturated heterocycles. The number of carbonyl (C=O) groups excluding carboxylic acids is 2. The first-order valence-corrected chi connectivity index (χ1v) is 6.54. The molecule has 1 atom stereocenters. The quantitative estimate of drug-likeness (QED) is 0.267. The zero-order chi connectivity index (χ0) is 15.3. The van der Waals surface area contributed by atoms with Gasteiger partial charge in [-0.25, -0.2) is 4.39 Å². The molecule has 0 aliphatic rings. The number of non-ortho nitro benzene ring substituents is 1. The molecule has 1 aromatic rings. The van der Waals surface area contributed by atoms with E-state index in [1.54, 1.807) is 22.6 Å². The Morgan fingerprint density at radius 1 is 1.50 bits per heavy atom. The predicted molar refractivity (Wildman–Crippen MR) is 75.2 cm³/mol. The zero-order valence-corrected chi connectivity index (χ0v) is 12.4. The van der Waals surface area contributed by atoms with E-state index in [0.717, 1.165) is 12.1 Å². The van der Waals surface area contributed by atoms with Gasteiger partial charge in [0, 0.05) is 18.2 Å². The number of amides is 1. The summed E-state index contributed by atoms with van der Waals surface area (Å²) in [5.74, 6) is -2.11. The van der Waals surface area contributed by atoms with E-state index in [9.17, 15) is 24.1 Å². The van der Waals surface area contributed by atoms with E-state index in [4.69, 9.17) is 0 Å². The Labute approximate surface area is 126 Å². The Balaban J connectivity index is 2.78. The molecule has 108 valence electrons. The fourth-order valence-corrected chi connectivity index (χ4v) is 1.78. The maximum Gasteiger partial charge on any atom is 0.320 e. The minimum absolute atomic E-state index is 0.0314. The lowest BCUT2D eigenvalue weighted by atomic mass is 10.2. The van der Waals surface area contributed by atoms with Crippen molar-refractivity contribution in [1.29, 1.82) is 0 Å². The lowest BCUT2D eigenvalue weighted by Gasteiger charge is -2.09. The number of nitro groups is 1. The number of methoxy groups -OCH3 is 1. The third-order valence-corrected chi connectivity index (χ3v) is 3.20. The molecule has 0 aromatic heterocycles. The molecular formula is C11H10FIN2O5. The fraction of sp³-hybridized carbons (Fsp3) is 0.273. The number of ether oxygens (including phenoxy) is 1. The second-order valence-corrected chi connectivity index (χ2v) is 5.16. The molecule has 0 bridgehead atoms. The van der Waals surface area contributed by atoms with E-state index < -0.39 is 32.2 Å². The van der Waals surface area contributed by atoms with Gasteiger partial charge in [-0.3, -0.25) is 19.7 Å². The molecule has 1 N–H and O–H groups in total. The molecule has 20 heavy (non-hydrogen) atoms. The number of carbonyl (C=O) groups is 2. The van der Waals surface area contributed by atoms with Gasteiger partial charge in [0.1, 0.15) is 9.74 Å². The van der Waals surface area contributed by atoms with Crippen molar-refractivity contribution < 1.29 is 23.6 Å². The molecule has 0 aliphatic carbocycles. The van der Waals surface area contributed by atoms with Crippen LogP contribution in [0.25, 0.3) is 0 Å². The summed E-state index contributed by atoms with van der Waals surface area (Å²) in [5, 5.41) is 12.9. The maximum atomic E-state index is 13.2. The lowest BCUT2D eigenvalue weighted by Crippen LogP contribution is -2.33. The largest absolute Gasteiger partial charge is 0.468 e. The topological polar surface area (TPSA) is 98.5 Å². The first-order chi connectivity index (χ1) is 9.35. The van der Waals surface area contributed by atoms with Gasteiger partial charge < -0.3 is 10.1 Å². The fourth-order valence-electron chi connectivity index (χ4n) is 1.31. The van der Waals surface area contributed by atoms with Gasteiger partial charge in [0.25, 0.3) is 11.6 Å². The molecule has 9 heteroatoms. The van der Waals surface area contributed by atoms with Crippen LogP contribution in [-0.4, -0.2) is 34.4 Å². The van der Waals surface area contributed by atoms with Gasteiger partial charge in [-0.1, -0.05) is 22.6 Å². The first-order valence-electron chi connectivity index (χ1n) is 5.30. The summed E-state index contributed by atoms with van der Waals surface area (Å²) in [4.78, 5) is 32.6. The number of benzene rings is 1. The van der Waals surface area contributed by atoms with Crippen molar-refractivity contribution in [1.82, 2.24) is 5.32 Å². The Hall–Kier alpha value is -1.78. The molecule has 0 heterocycles. The molecular weight excluding hydrogens is 386 g/mol. The Kier molecular flexibility index (Phi) is 5.80. The molecule has 0 spiro atoms. The number of halogens is 2. The van der Waals surface area contributed by atoms with Crippen LogP contribution in [0.1, 0.15) is 10.4 Å². The summed E-state index contributed by atoms with van der Waals surface area (Å²) in [6.45, 7) is -0.0314. The molecule has 0 aliphatic heterocycles. The van der Waals surface area contributed by atoms with Crippen LogP contribution in [0.3, 0.4) is 0 Å². The van der Waals surface area contributed by atoms with E-state index in [1.165, 1.54) is 7.11 Å². The van der Waals surface area contributed by atoms with Crippen molar-refractivity contribution in [3.05, 3.63) is 39.7 Å². The molecule has 1 aromatic carbocycles. The van der Waals surface area contributed by atoms with Crippen molar-refractivity contribution in [3.8, 4) is 0 Å². The van der Waals surface area contributed by atoms with Gasteiger partial charge in [-0.2, -0.15) is 0 Å². The van der Waals surface area contributed by atoms with Crippen molar-refractivity contribution in [2.45, 2.75) is 3.92 Å². The normalized spacial score (nSPS) is 11.6. The molecule has 7 nitrogen and oxygen atoms in total. The minimum atomic E-state index is -0.886. The summed E-state index contributed by atoms with van der Waals surface area (Å²) in [7, 11) is 1.21. The van der Waals surface area contributed by atoms with Gasteiger partial charge in [-0.15, -0.1) is 0 Å². The summed E-state index contributed by atoms with van der Waals surface area (Å²) in [6.07, 6.45) is 0. The number of nitro benzene ring substituents is 1. The van der Waals surface area contributed by atoms with E-state index in [0.29, 0.717) is 6.07 Å². The van der Waals surface area contributed by atoms with Crippen molar-refractivity contribution in [3.63, 3.8) is 0 Å². The Bertz CT molecular complexity index is 552. The highest BCUT2D eigenvalue weighted by Gasteiger charge is 2.18. The van der Waals surface area contributed by atoms with E-state index in [-0.39, 0.29) is 12.1 Å². The summed E-state index contributed by atoms with van der Waals surface area (Å²) in [6, 6.07) is 2.55. The molecule has 1 unspecified atom stereocenters. The molecule has 1 rings (SSSR count). The predicted octanol–water partition coefficient (Wildman–Crippen LogP) is 1.44. The minimum Gasteiger partial charge on any atom is -0.468 e. The van der Waals surface area contributed by atoms with Crippen LogP contribution in [0.4, 0.5) is 10.1 Å². The average molecular weight is 396 g/mol. The van der Waals surface area contributed by atoms with Gasteiger partial charge in [0.2, 0.25) is 0 Å². The van der Waals surface area contributed by atoms with Gasteiger partial charge >= 0.3 is 5.97 Å². The van der Waals surface area contributed by atoms with Crippen LogP contribution in [0.5, 0.6) is 0 Å². The number of hydrogen-bond donors (Lipinski definition) is 1. The van der Waals surface area contributed by atoms with Gasteiger partial charge in [0.05, 0.1) is 18.1 Å². The molecule has 0 radical (unpaired) electrons. The molecule has 1 amide bonds. The molecule has 0 saturated carbocycles. The number of hydrogen-bond acceptors (Lipinski definition) is 5. The van der Waals surface area contributed by atoms with Crippen LogP contribution in [0, 0.1) is 15.9 Å². The van der Waals surface area contributed by atoms with Gasteiger partial charge in [-0.05, 0) is 6.07 Å². The van der Waals surface area contributed by atoms with E-state index in [2.05, 4.69) is 10.1 Å². The van der Waals surface area contributed by atoms with Crippen LogP contribution in [-0.2, 0) is 9.53 Å². The van der Waals surface area contributed by atoms with E-state index >= 15 is 0 Å². The highest BCUT2D eigenvalue weighted by Crippen LogP contribution is 2.16. The van der Waals surface area contributed by atoms with Crippen LogP contribution >= 0.6 is 22.6 Å². The monoisotopic (exact) mass is 396 g/mol. The van der Waals surface area contributed by atoms with Crippen LogP contribution in [0.15, 0.2) is 18.2 Å². The second kappa shape index (κ2) is 7.12. The number of rotatable bonds is 5. The second-order valence-electron chi connectivity index (χ2n) is 3.66. The Morgan fingerprint density at radius 2 is 2.15 bits per heavy atom. The van der Waals surface area contributed by atoms with Crippen LogP contribution in [0.2, 0.25) is 0 Å². The number of esters is 1. The van der Waals surface area contributed by atoms with Crippen molar-refractivity contribution in [2.75, 3.05) is 13.7 Å². The SMILES string of the molecule is COC(=O)C(I)CNC(=O)c1cc(F)cc([N+](=O)[O-])c1. The smallest absolute Gasteiger partial charge is 0.320 e. The number of nitrogens with one attached hydrogen (secondary N) is 1. The van der Waals surface area contributed by atoms with Crippen LogP contribution < -0.4 is 5.32 Å². The molecule has 0 fully saturated rings. The Morgan fingerprint density at radius 3 is 2.70 bits per heavy atom. The highest BCUT2D eigenvalue weighted by molar-refractivity contribution is 14.1. The average Bonchev–Trinajstić information content (AvgIpc) is 2.42. The zero-order valence-electron chi connectivity index (χ0n) is 10.3. The third kappa shape index (κ3) is 4.40. The number of nitrogens with zero attached hydrogens (tertiary/aromatic N) is 1. The van der Waals surface area contributed by atoms with Crippen molar-refractivity contribution in [2.24, 2.45) is 0 Å². The highest BCUT2D eigenvalue weighted by atomic mass is 127. The third-order valence-electron chi connectivity index (χ3n) is 2.25. The van der Waals surface area contributed by atoms with Crippen molar-refractivity contribution >= 4 is 40.2 Å².